The molecule has 1 unspecified atom stereocenters. The predicted molar refractivity (Wildman–Crippen MR) is 71.6 cm³/mol. The average Bonchev–Trinajstić information content (AvgIpc) is 2.42. The zero-order valence-corrected chi connectivity index (χ0v) is 10.3. The van der Waals surface area contributed by atoms with E-state index in [0.717, 1.165) is 5.56 Å². The molecule has 0 bridgehead atoms. The Morgan fingerprint density at radius 2 is 1.74 bits per heavy atom. The fourth-order valence-corrected chi connectivity index (χ4v) is 1.89. The summed E-state index contributed by atoms with van der Waals surface area (Å²) < 4.78 is 13.7. The molecule has 19 heavy (non-hydrogen) atoms. The molecule has 2 aromatic rings. The third-order valence-electron chi connectivity index (χ3n) is 2.85. The molecule has 0 saturated heterocycles. The predicted octanol–water partition coefficient (Wildman–Crippen LogP) is 2.14. The van der Waals surface area contributed by atoms with Crippen molar-refractivity contribution in [2.24, 2.45) is 5.73 Å². The molecule has 4 heteroatoms. The standard InChI is InChI=1S/C15H15FN2O/c16-13-9-5-4-8-12(13)14(15(17)19)18-10-11-6-2-1-3-7-11/h1-9,14,18H,10H2,(H2,17,19). The molecule has 2 aromatic carbocycles. The van der Waals surface area contributed by atoms with Gasteiger partial charge in [-0.2, -0.15) is 0 Å². The van der Waals surface area contributed by atoms with Crippen LogP contribution in [0.1, 0.15) is 17.2 Å². The minimum atomic E-state index is -0.832. The molecule has 0 aliphatic carbocycles. The molecule has 3 nitrogen and oxygen atoms in total. The topological polar surface area (TPSA) is 55.1 Å². The van der Waals surface area contributed by atoms with Gasteiger partial charge in [-0.05, 0) is 11.6 Å². The summed E-state index contributed by atoms with van der Waals surface area (Å²) >= 11 is 0. The molecule has 0 aliphatic heterocycles. The van der Waals surface area contributed by atoms with Gasteiger partial charge in [0.1, 0.15) is 11.9 Å². The van der Waals surface area contributed by atoms with Crippen LogP contribution >= 0.6 is 0 Å². The van der Waals surface area contributed by atoms with E-state index in [2.05, 4.69) is 5.32 Å². The number of halogens is 1. The highest BCUT2D eigenvalue weighted by molar-refractivity contribution is 5.81. The second-order valence-electron chi connectivity index (χ2n) is 4.22. The monoisotopic (exact) mass is 258 g/mol. The van der Waals surface area contributed by atoms with Crippen LogP contribution in [-0.4, -0.2) is 5.91 Å². The highest BCUT2D eigenvalue weighted by Crippen LogP contribution is 2.17. The Kier molecular flexibility index (Phi) is 4.26. The highest BCUT2D eigenvalue weighted by atomic mass is 19.1. The Bertz CT molecular complexity index is 557. The number of amides is 1. The van der Waals surface area contributed by atoms with E-state index in [1.165, 1.54) is 6.07 Å². The number of hydrogen-bond donors (Lipinski definition) is 2. The highest BCUT2D eigenvalue weighted by Gasteiger charge is 2.20. The number of carbonyl (C=O) groups is 1. The average molecular weight is 258 g/mol. The lowest BCUT2D eigenvalue weighted by atomic mass is 10.1. The Morgan fingerprint density at radius 3 is 2.37 bits per heavy atom. The van der Waals surface area contributed by atoms with Crippen LogP contribution in [0.15, 0.2) is 54.6 Å². The summed E-state index contributed by atoms with van der Waals surface area (Å²) in [4.78, 5) is 11.5. The Labute approximate surface area is 111 Å². The number of benzene rings is 2. The van der Waals surface area contributed by atoms with Gasteiger partial charge in [0.15, 0.2) is 0 Å². The van der Waals surface area contributed by atoms with Crippen molar-refractivity contribution in [3.63, 3.8) is 0 Å². The van der Waals surface area contributed by atoms with Gasteiger partial charge in [-0.3, -0.25) is 10.1 Å². The van der Waals surface area contributed by atoms with Gasteiger partial charge in [-0.15, -0.1) is 0 Å². The fourth-order valence-electron chi connectivity index (χ4n) is 1.89. The second-order valence-corrected chi connectivity index (χ2v) is 4.22. The Morgan fingerprint density at radius 1 is 1.11 bits per heavy atom. The zero-order chi connectivity index (χ0) is 13.7. The van der Waals surface area contributed by atoms with E-state index >= 15 is 0 Å². The van der Waals surface area contributed by atoms with Crippen molar-refractivity contribution in [1.29, 1.82) is 0 Å². The summed E-state index contributed by atoms with van der Waals surface area (Å²) in [5, 5.41) is 2.98. The van der Waals surface area contributed by atoms with Crippen LogP contribution in [0.4, 0.5) is 4.39 Å². The zero-order valence-electron chi connectivity index (χ0n) is 10.3. The van der Waals surface area contributed by atoms with Gasteiger partial charge in [0, 0.05) is 12.1 Å². The quantitative estimate of drug-likeness (QED) is 0.863. The van der Waals surface area contributed by atoms with E-state index in [4.69, 9.17) is 5.73 Å². The van der Waals surface area contributed by atoms with E-state index in [9.17, 15) is 9.18 Å². The fraction of sp³-hybridized carbons (Fsp3) is 0.133. The van der Waals surface area contributed by atoms with Crippen molar-refractivity contribution in [2.45, 2.75) is 12.6 Å². The van der Waals surface area contributed by atoms with Gasteiger partial charge in [0.2, 0.25) is 5.91 Å². The first-order valence-electron chi connectivity index (χ1n) is 5.99. The van der Waals surface area contributed by atoms with Crippen LogP contribution in [0, 0.1) is 5.82 Å². The molecule has 0 aromatic heterocycles. The number of hydrogen-bond acceptors (Lipinski definition) is 2. The molecule has 0 saturated carbocycles. The Hall–Kier alpha value is -2.20. The summed E-state index contributed by atoms with van der Waals surface area (Å²) in [7, 11) is 0. The van der Waals surface area contributed by atoms with Crippen LogP contribution in [0.5, 0.6) is 0 Å². The third kappa shape index (κ3) is 3.39. The maximum Gasteiger partial charge on any atom is 0.239 e. The maximum atomic E-state index is 13.7. The summed E-state index contributed by atoms with van der Waals surface area (Å²) in [5.41, 5.74) is 6.61. The minimum Gasteiger partial charge on any atom is -0.368 e. The van der Waals surface area contributed by atoms with Crippen molar-refractivity contribution < 1.29 is 9.18 Å². The molecule has 0 fully saturated rings. The lowest BCUT2D eigenvalue weighted by molar-refractivity contribution is -0.120. The van der Waals surface area contributed by atoms with Gasteiger partial charge >= 0.3 is 0 Å². The maximum absolute atomic E-state index is 13.7. The molecule has 1 amide bonds. The van der Waals surface area contributed by atoms with Crippen molar-refractivity contribution >= 4 is 5.91 Å². The van der Waals surface area contributed by atoms with E-state index in [1.54, 1.807) is 18.2 Å². The first-order valence-corrected chi connectivity index (χ1v) is 5.99. The molecule has 3 N–H and O–H groups in total. The number of primary amides is 1. The third-order valence-corrected chi connectivity index (χ3v) is 2.85. The van der Waals surface area contributed by atoms with Crippen LogP contribution < -0.4 is 11.1 Å². The molecular weight excluding hydrogens is 243 g/mol. The molecule has 0 aliphatic rings. The number of nitrogens with one attached hydrogen (secondary N) is 1. The molecule has 2 rings (SSSR count). The van der Waals surface area contributed by atoms with Crippen molar-refractivity contribution in [2.75, 3.05) is 0 Å². The van der Waals surface area contributed by atoms with Gasteiger partial charge in [0.25, 0.3) is 0 Å². The van der Waals surface area contributed by atoms with E-state index < -0.39 is 17.8 Å². The van der Waals surface area contributed by atoms with E-state index in [0.29, 0.717) is 6.54 Å². The largest absolute Gasteiger partial charge is 0.368 e. The van der Waals surface area contributed by atoms with Crippen molar-refractivity contribution in [3.8, 4) is 0 Å². The lowest BCUT2D eigenvalue weighted by Crippen LogP contribution is -2.33. The van der Waals surface area contributed by atoms with Crippen LogP contribution in [0.2, 0.25) is 0 Å². The Balaban J connectivity index is 2.14. The summed E-state index contributed by atoms with van der Waals surface area (Å²) in [6, 6.07) is 14.9. The smallest absolute Gasteiger partial charge is 0.239 e. The normalized spacial score (nSPS) is 12.1. The molecule has 0 radical (unpaired) electrons. The number of nitrogens with two attached hydrogens (primary N) is 1. The minimum absolute atomic E-state index is 0.269. The van der Waals surface area contributed by atoms with Crippen LogP contribution in [-0.2, 0) is 11.3 Å². The van der Waals surface area contributed by atoms with E-state index in [1.807, 2.05) is 30.3 Å². The molecular formula is C15H15FN2O. The van der Waals surface area contributed by atoms with E-state index in [-0.39, 0.29) is 5.56 Å². The van der Waals surface area contributed by atoms with Crippen LogP contribution in [0.25, 0.3) is 0 Å². The van der Waals surface area contributed by atoms with Crippen LogP contribution in [0.3, 0.4) is 0 Å². The number of carbonyl (C=O) groups excluding carboxylic acids is 1. The summed E-state index contributed by atoms with van der Waals surface area (Å²) in [5.74, 6) is -1.03. The van der Waals surface area contributed by atoms with Crippen molar-refractivity contribution in [3.05, 3.63) is 71.5 Å². The molecule has 98 valence electrons. The van der Waals surface area contributed by atoms with Gasteiger partial charge < -0.3 is 5.73 Å². The summed E-state index contributed by atoms with van der Waals surface area (Å²) in [6.45, 7) is 0.447. The SMILES string of the molecule is NC(=O)C(NCc1ccccc1)c1ccccc1F. The number of rotatable bonds is 5. The summed E-state index contributed by atoms with van der Waals surface area (Å²) in [6.07, 6.45) is 0. The first-order chi connectivity index (χ1) is 9.18. The van der Waals surface area contributed by atoms with Gasteiger partial charge in [-0.1, -0.05) is 48.5 Å². The van der Waals surface area contributed by atoms with Gasteiger partial charge in [0.05, 0.1) is 0 Å². The first kappa shape index (κ1) is 13.2. The lowest BCUT2D eigenvalue weighted by Gasteiger charge is -2.16. The van der Waals surface area contributed by atoms with Gasteiger partial charge in [-0.25, -0.2) is 4.39 Å². The molecule has 0 heterocycles. The van der Waals surface area contributed by atoms with Crippen molar-refractivity contribution in [1.82, 2.24) is 5.32 Å². The molecule has 0 spiro atoms. The molecule has 1 atom stereocenters. The second kappa shape index (κ2) is 6.11.